The lowest BCUT2D eigenvalue weighted by Crippen LogP contribution is -2.43. The van der Waals surface area contributed by atoms with Gasteiger partial charge in [0.05, 0.1) is 14.8 Å². The van der Waals surface area contributed by atoms with Crippen molar-refractivity contribution in [2.75, 3.05) is 13.2 Å². The Bertz CT molecular complexity index is 1050. The first-order chi connectivity index (χ1) is 17.6. The average molecular weight is 650 g/mol. The van der Waals surface area contributed by atoms with Crippen LogP contribution in [-0.2, 0) is 20.6 Å². The second-order valence-corrected chi connectivity index (χ2v) is 13.7. The number of benzene rings is 2. The normalized spacial score (nSPS) is 11.7. The van der Waals surface area contributed by atoms with Gasteiger partial charge in [-0.3, -0.25) is 0 Å². The molecule has 0 radical (unpaired) electrons. The van der Waals surface area contributed by atoms with Crippen LogP contribution in [0, 0.1) is 5.92 Å². The number of hydrogen-bond acceptors (Lipinski definition) is 4. The molecule has 2 aromatic rings. The van der Waals surface area contributed by atoms with Gasteiger partial charge in [0.25, 0.3) is 0 Å². The molecule has 0 fully saturated rings. The highest BCUT2D eigenvalue weighted by Crippen LogP contribution is 2.25. The number of carbonyl (C=O) groups is 2. The van der Waals surface area contributed by atoms with Crippen molar-refractivity contribution in [2.24, 2.45) is 5.92 Å². The van der Waals surface area contributed by atoms with E-state index in [9.17, 15) is 9.59 Å². The number of carbonyl (C=O) groups excluding carboxylic acids is 2. The number of hydrogen-bond donors (Lipinski definition) is 2. The van der Waals surface area contributed by atoms with Crippen LogP contribution in [0.25, 0.3) is 11.1 Å². The van der Waals surface area contributed by atoms with Gasteiger partial charge in [0, 0.05) is 5.92 Å². The molecule has 0 spiro atoms. The molecule has 38 heavy (non-hydrogen) atoms. The molecule has 0 heterocycles. The molecule has 0 saturated carbocycles. The van der Waals surface area contributed by atoms with Crippen molar-refractivity contribution in [2.45, 2.75) is 56.4 Å². The SMILES string of the molecule is C=C(C)c1ccc(C(C)(C)NC(=O)OCC(COC(=O)NC(C)(C)c2ccc(C(=C)C)cc2)C(Br)Br)cc1. The molecule has 0 aromatic heterocycles. The van der Waals surface area contributed by atoms with Gasteiger partial charge in [0.1, 0.15) is 13.2 Å². The fourth-order valence-electron chi connectivity index (χ4n) is 3.63. The molecule has 0 unspecified atom stereocenters. The van der Waals surface area contributed by atoms with E-state index in [1.165, 1.54) is 0 Å². The van der Waals surface area contributed by atoms with E-state index in [4.69, 9.17) is 9.47 Å². The molecule has 0 aliphatic heterocycles. The van der Waals surface area contributed by atoms with Crippen LogP contribution in [0.1, 0.15) is 63.8 Å². The summed E-state index contributed by atoms with van der Waals surface area (Å²) in [5.41, 5.74) is 4.62. The van der Waals surface area contributed by atoms with Gasteiger partial charge in [0.15, 0.2) is 0 Å². The molecule has 0 aliphatic carbocycles. The zero-order valence-corrected chi connectivity index (χ0v) is 26.2. The number of rotatable bonds is 11. The Morgan fingerprint density at radius 2 is 1.05 bits per heavy atom. The van der Waals surface area contributed by atoms with Crippen molar-refractivity contribution in [1.29, 1.82) is 0 Å². The maximum absolute atomic E-state index is 12.6. The lowest BCUT2D eigenvalue weighted by Gasteiger charge is -2.28. The first-order valence-electron chi connectivity index (χ1n) is 12.3. The summed E-state index contributed by atoms with van der Waals surface area (Å²) in [5, 5.41) is 5.80. The van der Waals surface area contributed by atoms with E-state index in [2.05, 4.69) is 55.7 Å². The van der Waals surface area contributed by atoms with Gasteiger partial charge >= 0.3 is 12.2 Å². The predicted molar refractivity (Wildman–Crippen MR) is 162 cm³/mol. The van der Waals surface area contributed by atoms with Crippen LogP contribution in [0.5, 0.6) is 0 Å². The summed E-state index contributed by atoms with van der Waals surface area (Å²) < 4.78 is 10.7. The molecule has 0 atom stereocenters. The average Bonchev–Trinajstić information content (AvgIpc) is 2.83. The van der Waals surface area contributed by atoms with Crippen molar-refractivity contribution in [3.63, 3.8) is 0 Å². The van der Waals surface area contributed by atoms with E-state index in [1.807, 2.05) is 90.1 Å². The molecule has 206 valence electrons. The number of halogens is 2. The molecular formula is C30H38Br2N2O4. The van der Waals surface area contributed by atoms with Crippen molar-refractivity contribution < 1.29 is 19.1 Å². The third-order valence-corrected chi connectivity index (χ3v) is 7.74. The molecular weight excluding hydrogens is 612 g/mol. The zero-order chi connectivity index (χ0) is 28.7. The molecule has 8 heteroatoms. The molecule has 2 aromatic carbocycles. The Kier molecular flexibility index (Phi) is 11.2. The Hall–Kier alpha value is -2.58. The zero-order valence-electron chi connectivity index (χ0n) is 23.0. The van der Waals surface area contributed by atoms with E-state index in [1.54, 1.807) is 0 Å². The van der Waals surface area contributed by atoms with Gasteiger partial charge in [0.2, 0.25) is 0 Å². The van der Waals surface area contributed by atoms with Gasteiger partial charge in [-0.1, -0.05) is 105 Å². The van der Waals surface area contributed by atoms with E-state index < -0.39 is 23.3 Å². The third-order valence-electron chi connectivity index (χ3n) is 6.24. The largest absolute Gasteiger partial charge is 0.449 e. The summed E-state index contributed by atoms with van der Waals surface area (Å²) in [4.78, 5) is 25.2. The van der Waals surface area contributed by atoms with E-state index in [0.29, 0.717) is 0 Å². The molecule has 2 amide bonds. The van der Waals surface area contributed by atoms with E-state index in [0.717, 1.165) is 33.4 Å². The first kappa shape index (κ1) is 31.6. The van der Waals surface area contributed by atoms with Crippen LogP contribution in [0.15, 0.2) is 61.7 Å². The predicted octanol–water partition coefficient (Wildman–Crippen LogP) is 8.11. The molecule has 2 N–H and O–H groups in total. The number of allylic oxidation sites excluding steroid dienone is 2. The lowest BCUT2D eigenvalue weighted by atomic mass is 9.93. The fourth-order valence-corrected chi connectivity index (χ4v) is 4.24. The molecule has 6 nitrogen and oxygen atoms in total. The number of alkyl halides is 2. The molecule has 0 bridgehead atoms. The summed E-state index contributed by atoms with van der Waals surface area (Å²) in [6.45, 7) is 19.5. The Morgan fingerprint density at radius 3 is 1.32 bits per heavy atom. The van der Waals surface area contributed by atoms with Gasteiger partial charge in [-0.15, -0.1) is 0 Å². The second kappa shape index (κ2) is 13.5. The minimum atomic E-state index is -0.646. The Labute approximate surface area is 243 Å². The molecule has 0 aliphatic rings. The van der Waals surface area contributed by atoms with Crippen LogP contribution in [0.3, 0.4) is 0 Å². The van der Waals surface area contributed by atoms with Crippen LogP contribution < -0.4 is 10.6 Å². The summed E-state index contributed by atoms with van der Waals surface area (Å²) in [6.07, 6.45) is -1.12. The summed E-state index contributed by atoms with van der Waals surface area (Å²) in [5.74, 6) is -0.317. The standard InChI is InChI=1S/C30H38Br2N2O4/c1-19(2)21-9-13-24(14-10-21)29(5,6)33-27(35)37-17-23(26(31)32)18-38-28(36)34-30(7,8)25-15-11-22(12-16-25)20(3)4/h9-16,23,26H,1,3,17-18H2,2,4-8H3,(H,33,35)(H,34,36). The van der Waals surface area contributed by atoms with Gasteiger partial charge in [-0.05, 0) is 63.8 Å². The van der Waals surface area contributed by atoms with E-state index in [-0.39, 0.29) is 22.9 Å². The lowest BCUT2D eigenvalue weighted by molar-refractivity contribution is 0.0843. The van der Waals surface area contributed by atoms with Gasteiger partial charge in [-0.2, -0.15) is 0 Å². The highest BCUT2D eigenvalue weighted by molar-refractivity contribution is 9.24. The topological polar surface area (TPSA) is 76.7 Å². The number of ether oxygens (including phenoxy) is 2. The maximum Gasteiger partial charge on any atom is 0.407 e. The Morgan fingerprint density at radius 1 is 0.737 bits per heavy atom. The van der Waals surface area contributed by atoms with Crippen LogP contribution in [-0.4, -0.2) is 29.1 Å². The highest BCUT2D eigenvalue weighted by Gasteiger charge is 2.27. The summed E-state index contributed by atoms with van der Waals surface area (Å²) in [6, 6.07) is 15.7. The minimum Gasteiger partial charge on any atom is -0.449 e. The Balaban J connectivity index is 1.89. The van der Waals surface area contributed by atoms with E-state index >= 15 is 0 Å². The van der Waals surface area contributed by atoms with Gasteiger partial charge in [-0.25, -0.2) is 9.59 Å². The second-order valence-electron chi connectivity index (χ2n) is 10.5. The van der Waals surface area contributed by atoms with Crippen molar-refractivity contribution >= 4 is 55.2 Å². The maximum atomic E-state index is 12.6. The number of nitrogens with one attached hydrogen (secondary N) is 2. The minimum absolute atomic E-state index is 0.0384. The summed E-state index contributed by atoms with van der Waals surface area (Å²) in [7, 11) is 0. The van der Waals surface area contributed by atoms with Crippen LogP contribution >= 0.6 is 31.9 Å². The van der Waals surface area contributed by atoms with Crippen LogP contribution in [0.2, 0.25) is 0 Å². The number of amides is 2. The van der Waals surface area contributed by atoms with Crippen LogP contribution in [0.4, 0.5) is 9.59 Å². The monoisotopic (exact) mass is 648 g/mol. The van der Waals surface area contributed by atoms with Crippen molar-refractivity contribution in [3.05, 3.63) is 83.9 Å². The van der Waals surface area contributed by atoms with Crippen molar-refractivity contribution in [3.8, 4) is 0 Å². The first-order valence-corrected chi connectivity index (χ1v) is 14.2. The number of alkyl carbamates (subject to hydrolysis) is 2. The third kappa shape index (κ3) is 9.31. The van der Waals surface area contributed by atoms with Gasteiger partial charge < -0.3 is 20.1 Å². The summed E-state index contributed by atoms with van der Waals surface area (Å²) >= 11 is 6.91. The molecule has 2 rings (SSSR count). The molecule has 0 saturated heterocycles. The smallest absolute Gasteiger partial charge is 0.407 e. The highest BCUT2D eigenvalue weighted by atomic mass is 79.9. The quantitative estimate of drug-likeness (QED) is 0.241. The van der Waals surface area contributed by atoms with Crippen molar-refractivity contribution in [1.82, 2.24) is 10.6 Å². The fraction of sp³-hybridized carbons (Fsp3) is 0.400.